The standard InChI is InChI=1S/C20H27N3OS/c1-15-18(19(24)22-16-11-7-4-3-5-8-12-16)25-20(21-15)23(2)17-13-9-6-10-14-17/h6,9-10,13-14,16H,3-5,7-8,11-12H2,1-2H3,(H,22,24). The summed E-state index contributed by atoms with van der Waals surface area (Å²) in [7, 11) is 1.99. The van der Waals surface area contributed by atoms with Crippen molar-refractivity contribution in [3.8, 4) is 0 Å². The molecule has 0 spiro atoms. The third-order valence-electron chi connectivity index (χ3n) is 4.86. The number of nitrogens with zero attached hydrogens (tertiary/aromatic N) is 2. The van der Waals surface area contributed by atoms with Crippen LogP contribution in [0.1, 0.15) is 60.3 Å². The van der Waals surface area contributed by atoms with E-state index in [0.717, 1.165) is 34.2 Å². The summed E-state index contributed by atoms with van der Waals surface area (Å²) in [5, 5.41) is 4.10. The number of anilines is 2. The Labute approximate surface area is 154 Å². The number of aromatic nitrogens is 1. The molecule has 1 amide bonds. The van der Waals surface area contributed by atoms with Gasteiger partial charge in [0, 0.05) is 18.8 Å². The minimum Gasteiger partial charge on any atom is -0.349 e. The smallest absolute Gasteiger partial charge is 0.263 e. The number of rotatable bonds is 4. The van der Waals surface area contributed by atoms with Crippen molar-refractivity contribution in [2.75, 3.05) is 11.9 Å². The zero-order valence-electron chi connectivity index (χ0n) is 15.1. The highest BCUT2D eigenvalue weighted by molar-refractivity contribution is 7.17. The second kappa shape index (κ2) is 8.48. The van der Waals surface area contributed by atoms with E-state index in [9.17, 15) is 4.79 Å². The molecule has 1 heterocycles. The molecular weight excluding hydrogens is 330 g/mol. The number of carbonyl (C=O) groups is 1. The highest BCUT2D eigenvalue weighted by Crippen LogP contribution is 2.30. The van der Waals surface area contributed by atoms with Crippen LogP contribution in [0.3, 0.4) is 0 Å². The first kappa shape index (κ1) is 17.9. The monoisotopic (exact) mass is 357 g/mol. The van der Waals surface area contributed by atoms with Gasteiger partial charge in [-0.05, 0) is 31.9 Å². The number of hydrogen-bond acceptors (Lipinski definition) is 4. The molecule has 1 fully saturated rings. The lowest BCUT2D eigenvalue weighted by Crippen LogP contribution is -2.35. The van der Waals surface area contributed by atoms with Gasteiger partial charge in [-0.3, -0.25) is 4.79 Å². The molecule has 1 aliphatic carbocycles. The quantitative estimate of drug-likeness (QED) is 0.831. The maximum absolute atomic E-state index is 12.7. The molecule has 0 atom stereocenters. The van der Waals surface area contributed by atoms with Crippen molar-refractivity contribution in [2.24, 2.45) is 0 Å². The van der Waals surface area contributed by atoms with E-state index in [2.05, 4.69) is 10.3 Å². The Morgan fingerprint density at radius 2 is 1.76 bits per heavy atom. The van der Waals surface area contributed by atoms with Crippen LogP contribution >= 0.6 is 11.3 Å². The van der Waals surface area contributed by atoms with Crippen LogP contribution in [-0.2, 0) is 0 Å². The number of thiazole rings is 1. The Kier molecular flexibility index (Phi) is 6.08. The Morgan fingerprint density at radius 1 is 1.12 bits per heavy atom. The molecule has 5 heteroatoms. The van der Waals surface area contributed by atoms with E-state index < -0.39 is 0 Å². The molecule has 2 aromatic rings. The topological polar surface area (TPSA) is 45.2 Å². The van der Waals surface area contributed by atoms with E-state index in [1.165, 1.54) is 43.4 Å². The predicted molar refractivity (Wildman–Crippen MR) is 105 cm³/mol. The number of benzene rings is 1. The van der Waals surface area contributed by atoms with E-state index in [0.29, 0.717) is 6.04 Å². The SMILES string of the molecule is Cc1nc(N(C)c2ccccc2)sc1C(=O)NC1CCCCCCC1. The van der Waals surface area contributed by atoms with Crippen LogP contribution in [0.5, 0.6) is 0 Å². The van der Waals surface area contributed by atoms with Crippen LogP contribution in [0.25, 0.3) is 0 Å². The number of para-hydroxylation sites is 1. The Bertz CT molecular complexity index is 690. The van der Waals surface area contributed by atoms with Crippen molar-refractivity contribution in [2.45, 2.75) is 57.9 Å². The van der Waals surface area contributed by atoms with Crippen molar-refractivity contribution in [3.63, 3.8) is 0 Å². The lowest BCUT2D eigenvalue weighted by molar-refractivity contribution is 0.0934. The van der Waals surface area contributed by atoms with Gasteiger partial charge in [0.25, 0.3) is 5.91 Å². The van der Waals surface area contributed by atoms with Crippen molar-refractivity contribution < 1.29 is 4.79 Å². The first-order valence-electron chi connectivity index (χ1n) is 9.22. The minimum absolute atomic E-state index is 0.0354. The summed E-state index contributed by atoms with van der Waals surface area (Å²) >= 11 is 1.47. The van der Waals surface area contributed by atoms with Gasteiger partial charge in [-0.25, -0.2) is 4.98 Å². The molecule has 3 rings (SSSR count). The maximum atomic E-state index is 12.7. The molecule has 0 saturated heterocycles. The normalized spacial score (nSPS) is 16.1. The van der Waals surface area contributed by atoms with Crippen LogP contribution in [0.15, 0.2) is 30.3 Å². The van der Waals surface area contributed by atoms with Crippen molar-refractivity contribution in [3.05, 3.63) is 40.9 Å². The van der Waals surface area contributed by atoms with Crippen LogP contribution < -0.4 is 10.2 Å². The van der Waals surface area contributed by atoms with Crippen LogP contribution in [0.4, 0.5) is 10.8 Å². The first-order chi connectivity index (χ1) is 12.1. The Morgan fingerprint density at radius 3 is 2.44 bits per heavy atom. The molecule has 1 aliphatic rings. The number of carbonyl (C=O) groups excluding carboxylic acids is 1. The summed E-state index contributed by atoms with van der Waals surface area (Å²) in [6, 6.07) is 10.4. The fourth-order valence-electron chi connectivity index (χ4n) is 3.35. The van der Waals surface area contributed by atoms with Gasteiger partial charge in [-0.1, -0.05) is 61.6 Å². The molecule has 1 N–H and O–H groups in total. The van der Waals surface area contributed by atoms with Gasteiger partial charge in [0.15, 0.2) is 5.13 Å². The van der Waals surface area contributed by atoms with Crippen LogP contribution in [0, 0.1) is 6.92 Å². The van der Waals surface area contributed by atoms with Crippen molar-refractivity contribution >= 4 is 28.1 Å². The lowest BCUT2D eigenvalue weighted by Gasteiger charge is -2.20. The van der Waals surface area contributed by atoms with E-state index >= 15 is 0 Å². The molecule has 134 valence electrons. The second-order valence-corrected chi connectivity index (χ2v) is 7.80. The highest BCUT2D eigenvalue weighted by atomic mass is 32.1. The summed E-state index contributed by atoms with van der Waals surface area (Å²) < 4.78 is 0. The molecule has 1 saturated carbocycles. The van der Waals surface area contributed by atoms with Gasteiger partial charge >= 0.3 is 0 Å². The van der Waals surface area contributed by atoms with Gasteiger partial charge in [0.05, 0.1) is 5.69 Å². The molecular formula is C20H27N3OS. The summed E-state index contributed by atoms with van der Waals surface area (Å²) in [6.45, 7) is 1.92. The van der Waals surface area contributed by atoms with Crippen LogP contribution in [-0.4, -0.2) is 24.0 Å². The summed E-state index contributed by atoms with van der Waals surface area (Å²) in [5.74, 6) is 0.0354. The zero-order valence-corrected chi connectivity index (χ0v) is 15.9. The predicted octanol–water partition coefficient (Wildman–Crippen LogP) is 5.06. The van der Waals surface area contributed by atoms with E-state index in [4.69, 9.17) is 0 Å². The van der Waals surface area contributed by atoms with E-state index in [1.54, 1.807) is 0 Å². The summed E-state index contributed by atoms with van der Waals surface area (Å²) in [4.78, 5) is 20.1. The molecule has 25 heavy (non-hydrogen) atoms. The lowest BCUT2D eigenvalue weighted by atomic mass is 9.97. The van der Waals surface area contributed by atoms with Gasteiger partial charge < -0.3 is 10.2 Å². The van der Waals surface area contributed by atoms with Crippen molar-refractivity contribution in [1.82, 2.24) is 10.3 Å². The third-order valence-corrected chi connectivity index (χ3v) is 6.09. The molecule has 1 aromatic heterocycles. The van der Waals surface area contributed by atoms with Gasteiger partial charge in [0.1, 0.15) is 4.88 Å². The largest absolute Gasteiger partial charge is 0.349 e. The maximum Gasteiger partial charge on any atom is 0.263 e. The molecule has 0 bridgehead atoms. The molecule has 0 radical (unpaired) electrons. The third kappa shape index (κ3) is 4.60. The molecule has 1 aromatic carbocycles. The van der Waals surface area contributed by atoms with Gasteiger partial charge in [-0.2, -0.15) is 0 Å². The number of amides is 1. The first-order valence-corrected chi connectivity index (χ1v) is 10.0. The average molecular weight is 358 g/mol. The Balaban J connectivity index is 1.69. The second-order valence-electron chi connectivity index (χ2n) is 6.82. The fraction of sp³-hybridized carbons (Fsp3) is 0.500. The van der Waals surface area contributed by atoms with E-state index in [1.807, 2.05) is 49.2 Å². The molecule has 0 unspecified atom stereocenters. The number of aryl methyl sites for hydroxylation is 1. The van der Waals surface area contributed by atoms with Crippen molar-refractivity contribution in [1.29, 1.82) is 0 Å². The molecule has 4 nitrogen and oxygen atoms in total. The molecule has 0 aliphatic heterocycles. The van der Waals surface area contributed by atoms with Gasteiger partial charge in [0.2, 0.25) is 0 Å². The highest BCUT2D eigenvalue weighted by Gasteiger charge is 2.21. The summed E-state index contributed by atoms with van der Waals surface area (Å²) in [5.41, 5.74) is 1.88. The number of hydrogen-bond donors (Lipinski definition) is 1. The number of nitrogens with one attached hydrogen (secondary N) is 1. The van der Waals surface area contributed by atoms with Gasteiger partial charge in [-0.15, -0.1) is 0 Å². The minimum atomic E-state index is 0.0354. The summed E-state index contributed by atoms with van der Waals surface area (Å²) in [6.07, 6.45) is 8.55. The average Bonchev–Trinajstić information content (AvgIpc) is 2.99. The zero-order chi connectivity index (χ0) is 17.6. The van der Waals surface area contributed by atoms with E-state index in [-0.39, 0.29) is 5.91 Å². The Hall–Kier alpha value is -1.88. The van der Waals surface area contributed by atoms with Crippen LogP contribution in [0.2, 0.25) is 0 Å². The fourth-order valence-corrected chi connectivity index (χ4v) is 4.30.